The lowest BCUT2D eigenvalue weighted by molar-refractivity contribution is 0.0443. The standard InChI is InChI=1S/C10H18N2O/c1-11(2)5-3-4-6-12-7-9-13-10-8-12/h5-10H2,1-2H3. The van der Waals surface area contributed by atoms with Gasteiger partial charge in [-0.2, -0.15) is 0 Å². The van der Waals surface area contributed by atoms with Crippen LogP contribution in [0.5, 0.6) is 0 Å². The van der Waals surface area contributed by atoms with Crippen LogP contribution in [-0.2, 0) is 4.74 Å². The smallest absolute Gasteiger partial charge is 0.0603 e. The van der Waals surface area contributed by atoms with Crippen LogP contribution in [-0.4, -0.2) is 63.3 Å². The van der Waals surface area contributed by atoms with E-state index in [9.17, 15) is 0 Å². The molecule has 0 spiro atoms. The predicted octanol–water partition coefficient (Wildman–Crippen LogP) is -0.116. The number of rotatable bonds is 2. The third-order valence-corrected chi connectivity index (χ3v) is 1.93. The second-order valence-corrected chi connectivity index (χ2v) is 3.48. The Morgan fingerprint density at radius 2 is 1.92 bits per heavy atom. The monoisotopic (exact) mass is 182 g/mol. The molecule has 1 fully saturated rings. The van der Waals surface area contributed by atoms with Gasteiger partial charge in [-0.1, -0.05) is 11.8 Å². The fourth-order valence-corrected chi connectivity index (χ4v) is 1.14. The van der Waals surface area contributed by atoms with Crippen molar-refractivity contribution in [1.82, 2.24) is 9.80 Å². The molecule has 0 atom stereocenters. The highest BCUT2D eigenvalue weighted by molar-refractivity contribution is 5.02. The molecule has 0 amide bonds. The molecule has 1 saturated heterocycles. The first-order valence-corrected chi connectivity index (χ1v) is 4.69. The van der Waals surface area contributed by atoms with Gasteiger partial charge in [-0.05, 0) is 14.1 Å². The lowest BCUT2D eigenvalue weighted by Crippen LogP contribution is -2.36. The van der Waals surface area contributed by atoms with Gasteiger partial charge in [0.25, 0.3) is 0 Å². The van der Waals surface area contributed by atoms with E-state index in [0.717, 1.165) is 39.4 Å². The Morgan fingerprint density at radius 3 is 2.54 bits per heavy atom. The van der Waals surface area contributed by atoms with Gasteiger partial charge in [0.15, 0.2) is 0 Å². The Balaban J connectivity index is 2.11. The number of ether oxygens (including phenoxy) is 1. The molecule has 1 aliphatic heterocycles. The molecule has 1 rings (SSSR count). The van der Waals surface area contributed by atoms with Crippen LogP contribution in [0.4, 0.5) is 0 Å². The number of morpholine rings is 1. The molecule has 0 aliphatic carbocycles. The first-order chi connectivity index (χ1) is 6.29. The van der Waals surface area contributed by atoms with Crippen LogP contribution in [0, 0.1) is 11.8 Å². The molecule has 0 aromatic rings. The van der Waals surface area contributed by atoms with Gasteiger partial charge in [-0.25, -0.2) is 0 Å². The van der Waals surface area contributed by atoms with Crippen molar-refractivity contribution in [2.45, 2.75) is 0 Å². The highest BCUT2D eigenvalue weighted by Gasteiger charge is 2.07. The third-order valence-electron chi connectivity index (χ3n) is 1.93. The van der Waals surface area contributed by atoms with Gasteiger partial charge in [-0.3, -0.25) is 9.80 Å². The Bertz CT molecular complexity index is 187. The van der Waals surface area contributed by atoms with E-state index in [0.29, 0.717) is 0 Å². The molecule has 1 heterocycles. The van der Waals surface area contributed by atoms with E-state index in [1.807, 2.05) is 14.1 Å². The molecule has 0 saturated carbocycles. The minimum atomic E-state index is 0.852. The molecule has 0 unspecified atom stereocenters. The molecule has 0 aromatic heterocycles. The topological polar surface area (TPSA) is 15.7 Å². The SMILES string of the molecule is CN(C)CC#CCN1CCOCC1. The molecule has 0 radical (unpaired) electrons. The van der Waals surface area contributed by atoms with Crippen LogP contribution >= 0.6 is 0 Å². The van der Waals surface area contributed by atoms with Crippen molar-refractivity contribution in [3.63, 3.8) is 0 Å². The van der Waals surface area contributed by atoms with Gasteiger partial charge in [0.2, 0.25) is 0 Å². The molecule has 0 N–H and O–H groups in total. The number of hydrogen-bond acceptors (Lipinski definition) is 3. The lowest BCUT2D eigenvalue weighted by atomic mass is 10.4. The zero-order chi connectivity index (χ0) is 9.52. The molecule has 13 heavy (non-hydrogen) atoms. The van der Waals surface area contributed by atoms with E-state index >= 15 is 0 Å². The summed E-state index contributed by atoms with van der Waals surface area (Å²) >= 11 is 0. The average Bonchev–Trinajstić information content (AvgIpc) is 2.14. The van der Waals surface area contributed by atoms with Crippen LogP contribution < -0.4 is 0 Å². The highest BCUT2D eigenvalue weighted by atomic mass is 16.5. The molecule has 1 aliphatic rings. The molecular weight excluding hydrogens is 164 g/mol. The van der Waals surface area contributed by atoms with Crippen molar-refractivity contribution < 1.29 is 4.74 Å². The molecule has 3 heteroatoms. The third kappa shape index (κ3) is 4.89. The predicted molar refractivity (Wildman–Crippen MR) is 53.6 cm³/mol. The summed E-state index contributed by atoms with van der Waals surface area (Å²) in [4.78, 5) is 4.40. The van der Waals surface area contributed by atoms with Crippen LogP contribution in [0.25, 0.3) is 0 Å². The Hall–Kier alpha value is -0.560. The van der Waals surface area contributed by atoms with Crippen molar-refractivity contribution >= 4 is 0 Å². The summed E-state index contributed by atoms with van der Waals surface area (Å²) < 4.78 is 5.25. The quantitative estimate of drug-likeness (QED) is 0.554. The highest BCUT2D eigenvalue weighted by Crippen LogP contribution is 1.94. The van der Waals surface area contributed by atoms with E-state index in [2.05, 4.69) is 21.6 Å². The van der Waals surface area contributed by atoms with Crippen molar-refractivity contribution in [2.24, 2.45) is 0 Å². The van der Waals surface area contributed by atoms with E-state index in [1.165, 1.54) is 0 Å². The fourth-order valence-electron chi connectivity index (χ4n) is 1.14. The fraction of sp³-hybridized carbons (Fsp3) is 0.800. The Morgan fingerprint density at radius 1 is 1.23 bits per heavy atom. The zero-order valence-corrected chi connectivity index (χ0v) is 8.55. The van der Waals surface area contributed by atoms with Crippen molar-refractivity contribution in [2.75, 3.05) is 53.5 Å². The summed E-state index contributed by atoms with van der Waals surface area (Å²) in [7, 11) is 4.06. The van der Waals surface area contributed by atoms with Crippen molar-refractivity contribution in [3.8, 4) is 11.8 Å². The summed E-state index contributed by atoms with van der Waals surface area (Å²) in [5.41, 5.74) is 0. The zero-order valence-electron chi connectivity index (χ0n) is 8.55. The second kappa shape index (κ2) is 5.98. The molecule has 0 bridgehead atoms. The van der Waals surface area contributed by atoms with E-state index in [4.69, 9.17) is 4.74 Å². The second-order valence-electron chi connectivity index (χ2n) is 3.48. The minimum Gasteiger partial charge on any atom is -0.379 e. The molecule has 0 aromatic carbocycles. The summed E-state index contributed by atoms with van der Waals surface area (Å²) in [6.07, 6.45) is 0. The summed E-state index contributed by atoms with van der Waals surface area (Å²) in [5, 5.41) is 0. The van der Waals surface area contributed by atoms with Crippen LogP contribution in [0.3, 0.4) is 0 Å². The van der Waals surface area contributed by atoms with Gasteiger partial charge in [0.1, 0.15) is 0 Å². The molecule has 3 nitrogen and oxygen atoms in total. The summed E-state index contributed by atoms with van der Waals surface area (Å²) in [6, 6.07) is 0. The molecular formula is C10H18N2O. The molecule has 74 valence electrons. The summed E-state index contributed by atoms with van der Waals surface area (Å²) in [6.45, 7) is 5.50. The average molecular weight is 182 g/mol. The first kappa shape index (κ1) is 10.5. The Labute approximate surface area is 80.7 Å². The number of hydrogen-bond donors (Lipinski definition) is 0. The normalized spacial score (nSPS) is 18.4. The maximum absolute atomic E-state index is 5.25. The Kier molecular flexibility index (Phi) is 4.84. The van der Waals surface area contributed by atoms with Gasteiger partial charge in [-0.15, -0.1) is 0 Å². The van der Waals surface area contributed by atoms with Crippen LogP contribution in [0.15, 0.2) is 0 Å². The van der Waals surface area contributed by atoms with E-state index in [1.54, 1.807) is 0 Å². The first-order valence-electron chi connectivity index (χ1n) is 4.69. The maximum Gasteiger partial charge on any atom is 0.0603 e. The van der Waals surface area contributed by atoms with Gasteiger partial charge >= 0.3 is 0 Å². The van der Waals surface area contributed by atoms with Crippen LogP contribution in [0.2, 0.25) is 0 Å². The van der Waals surface area contributed by atoms with E-state index < -0.39 is 0 Å². The van der Waals surface area contributed by atoms with Gasteiger partial charge in [0.05, 0.1) is 26.3 Å². The van der Waals surface area contributed by atoms with E-state index in [-0.39, 0.29) is 0 Å². The van der Waals surface area contributed by atoms with Crippen LogP contribution in [0.1, 0.15) is 0 Å². The largest absolute Gasteiger partial charge is 0.379 e. The van der Waals surface area contributed by atoms with Gasteiger partial charge in [0, 0.05) is 13.1 Å². The lowest BCUT2D eigenvalue weighted by Gasteiger charge is -2.24. The minimum absolute atomic E-state index is 0.852. The van der Waals surface area contributed by atoms with Crippen molar-refractivity contribution in [3.05, 3.63) is 0 Å². The van der Waals surface area contributed by atoms with Gasteiger partial charge < -0.3 is 4.74 Å². The maximum atomic E-state index is 5.25. The van der Waals surface area contributed by atoms with Crippen molar-refractivity contribution in [1.29, 1.82) is 0 Å². The number of nitrogens with zero attached hydrogens (tertiary/aromatic N) is 2. The summed E-state index contributed by atoms with van der Waals surface area (Å²) in [5.74, 6) is 6.29.